The van der Waals surface area contributed by atoms with Gasteiger partial charge in [-0.25, -0.2) is 0 Å². The molecule has 0 amide bonds. The van der Waals surface area contributed by atoms with E-state index in [0.29, 0.717) is 71.4 Å². The summed E-state index contributed by atoms with van der Waals surface area (Å²) in [5, 5.41) is 105. The predicted octanol–water partition coefficient (Wildman–Crippen LogP) is -2.84. The fourth-order valence-electron chi connectivity index (χ4n) is 6.55. The highest BCUT2D eigenvalue weighted by Crippen LogP contribution is 2.12. The second kappa shape index (κ2) is 40.3. The largest absolute Gasteiger partial charge is 0.394 e. The molecule has 9 atom stereocenters. The lowest BCUT2D eigenvalue weighted by Gasteiger charge is -2.28. The summed E-state index contributed by atoms with van der Waals surface area (Å²) in [5.41, 5.74) is 0. The van der Waals surface area contributed by atoms with Gasteiger partial charge in [0, 0.05) is 98.5 Å². The van der Waals surface area contributed by atoms with Crippen molar-refractivity contribution in [3.63, 3.8) is 0 Å². The Bertz CT molecular complexity index is 872. The Morgan fingerprint density at radius 2 is 0.587 bits per heavy atom. The molecule has 0 aromatic carbocycles. The Kier molecular flexibility index (Phi) is 38.5. The molecule has 0 aliphatic carbocycles. The highest BCUT2D eigenvalue weighted by molar-refractivity contribution is 4.76. The molecule has 0 aromatic heterocycles. The Morgan fingerprint density at radius 3 is 0.825 bits per heavy atom. The summed E-state index contributed by atoms with van der Waals surface area (Å²) in [6, 6.07) is 0. The normalized spacial score (nSPS) is 19.4. The predicted molar refractivity (Wildman–Crippen MR) is 234 cm³/mol. The number of aliphatic hydroxyl groups excluding tert-OH is 11. The first kappa shape index (κ1) is 60.2. The van der Waals surface area contributed by atoms with Gasteiger partial charge >= 0.3 is 0 Å². The van der Waals surface area contributed by atoms with E-state index < -0.39 is 36.6 Å². The zero-order chi connectivity index (χ0) is 46.5. The van der Waals surface area contributed by atoms with Gasteiger partial charge in [-0.05, 0) is 64.2 Å². The standard InChI is InChI=1S/C43H89N3O17/c1-2-35(52)6-21-58-32-41(61-24-9-38(55)29-49)3-12-44-15-17-45(13-4-42(62-25-10-39(56)30-50)33-59-22-7-36(53)27-47)19-20-46(18-16-44)14-5-43(63-26-11-40(57)31-51)34-60-23-8-37(54)28-48/h35-43,47-57H,2-34H2,1H3/t35-,36+,37+,38+,39+,40+,41+,42+,43+/m0/s1. The van der Waals surface area contributed by atoms with Crippen LogP contribution < -0.4 is 0 Å². The number of aliphatic hydroxyl groups is 11. The van der Waals surface area contributed by atoms with E-state index in [4.69, 9.17) is 28.4 Å². The first-order chi connectivity index (χ1) is 30.5. The third kappa shape index (κ3) is 33.3. The minimum atomic E-state index is -0.887. The third-order valence-corrected chi connectivity index (χ3v) is 11.1. The van der Waals surface area contributed by atoms with E-state index in [1.807, 2.05) is 6.92 Å². The van der Waals surface area contributed by atoms with Gasteiger partial charge in [-0.3, -0.25) is 0 Å². The van der Waals surface area contributed by atoms with Crippen LogP contribution in [0.4, 0.5) is 0 Å². The Hall–Kier alpha value is -0.800. The van der Waals surface area contributed by atoms with Gasteiger partial charge in [-0.1, -0.05) is 6.92 Å². The van der Waals surface area contributed by atoms with Crippen LogP contribution in [0.1, 0.15) is 71.1 Å². The fourth-order valence-corrected chi connectivity index (χ4v) is 6.55. The number of hydrogen-bond acceptors (Lipinski definition) is 20. The lowest BCUT2D eigenvalue weighted by molar-refractivity contribution is -0.0446. The second-order valence-electron chi connectivity index (χ2n) is 16.6. The maximum atomic E-state index is 9.99. The van der Waals surface area contributed by atoms with Gasteiger partial charge in [-0.2, -0.15) is 0 Å². The zero-order valence-electron chi connectivity index (χ0n) is 38.2. The Balaban J connectivity index is 3.15. The van der Waals surface area contributed by atoms with Crippen LogP contribution in [-0.4, -0.2) is 277 Å². The Labute approximate surface area is 376 Å². The van der Waals surface area contributed by atoms with Crippen LogP contribution in [0.3, 0.4) is 0 Å². The van der Waals surface area contributed by atoms with Gasteiger partial charge in [0.2, 0.25) is 0 Å². The number of rotatable bonds is 42. The monoisotopic (exact) mass is 920 g/mol. The topological polar surface area (TPSA) is 288 Å². The lowest BCUT2D eigenvalue weighted by Crippen LogP contribution is -2.39. The van der Waals surface area contributed by atoms with Crippen LogP contribution in [-0.2, 0) is 28.4 Å². The van der Waals surface area contributed by atoms with Gasteiger partial charge in [0.05, 0.1) is 108 Å². The molecular weight excluding hydrogens is 830 g/mol. The van der Waals surface area contributed by atoms with Crippen molar-refractivity contribution in [2.24, 2.45) is 0 Å². The maximum absolute atomic E-state index is 9.99. The summed E-state index contributed by atoms with van der Waals surface area (Å²) in [6.45, 7) is 9.25. The van der Waals surface area contributed by atoms with Crippen LogP contribution in [0.2, 0.25) is 0 Å². The van der Waals surface area contributed by atoms with Gasteiger partial charge in [0.25, 0.3) is 0 Å². The van der Waals surface area contributed by atoms with Crippen molar-refractivity contribution in [2.45, 2.75) is 126 Å². The van der Waals surface area contributed by atoms with Crippen LogP contribution in [0, 0.1) is 0 Å². The van der Waals surface area contributed by atoms with Crippen LogP contribution in [0.5, 0.6) is 0 Å². The molecule has 0 bridgehead atoms. The van der Waals surface area contributed by atoms with Crippen molar-refractivity contribution >= 4 is 0 Å². The SMILES string of the molecule is CC[C@H](O)CCOC[C@@H](CCN1CCN(CC[C@H](COCC[C@@H](O)CO)OCC[C@@H](O)CO)CCN(CC[C@H](COCC[C@@H](O)CO)OCC[C@@H](O)CO)CC1)OCC[C@@H](O)CO. The molecule has 0 aromatic rings. The van der Waals surface area contributed by atoms with Crippen molar-refractivity contribution in [3.05, 3.63) is 0 Å². The van der Waals surface area contributed by atoms with Gasteiger partial charge in [-0.15, -0.1) is 0 Å². The summed E-state index contributed by atoms with van der Waals surface area (Å²) in [6.07, 6.45) is -1.26. The zero-order valence-corrected chi connectivity index (χ0v) is 38.2. The van der Waals surface area contributed by atoms with Crippen LogP contribution in [0.15, 0.2) is 0 Å². The molecule has 1 fully saturated rings. The van der Waals surface area contributed by atoms with Crippen molar-refractivity contribution in [2.75, 3.05) is 151 Å². The van der Waals surface area contributed by atoms with Gasteiger partial charge in [0.15, 0.2) is 0 Å². The average molecular weight is 920 g/mol. The second-order valence-corrected chi connectivity index (χ2v) is 16.6. The molecule has 378 valence electrons. The molecule has 0 unspecified atom stereocenters. The van der Waals surface area contributed by atoms with E-state index in [9.17, 15) is 56.2 Å². The molecule has 20 heteroatoms. The van der Waals surface area contributed by atoms with Crippen LogP contribution >= 0.6 is 0 Å². The molecule has 11 N–H and O–H groups in total. The molecular formula is C43H89N3O17. The molecule has 1 aliphatic heterocycles. The highest BCUT2D eigenvalue weighted by atomic mass is 16.5. The molecule has 63 heavy (non-hydrogen) atoms. The smallest absolute Gasteiger partial charge is 0.0820 e. The summed E-state index contributed by atoms with van der Waals surface area (Å²) in [7, 11) is 0. The van der Waals surface area contributed by atoms with E-state index in [2.05, 4.69) is 14.7 Å². The average Bonchev–Trinajstić information content (AvgIpc) is 3.39. The Morgan fingerprint density at radius 1 is 0.349 bits per heavy atom. The summed E-state index contributed by atoms with van der Waals surface area (Å²) >= 11 is 0. The van der Waals surface area contributed by atoms with E-state index >= 15 is 0 Å². The molecule has 1 aliphatic rings. The molecule has 0 radical (unpaired) electrons. The molecule has 20 nitrogen and oxygen atoms in total. The summed E-state index contributed by atoms with van der Waals surface area (Å²) in [4.78, 5) is 7.16. The van der Waals surface area contributed by atoms with Gasteiger partial charge < -0.3 is 99.3 Å². The fraction of sp³-hybridized carbons (Fsp3) is 1.00. The quantitative estimate of drug-likeness (QED) is 0.0275. The van der Waals surface area contributed by atoms with E-state index in [1.54, 1.807) is 0 Å². The maximum Gasteiger partial charge on any atom is 0.0820 e. The summed E-state index contributed by atoms with van der Waals surface area (Å²) in [5.74, 6) is 0. The molecule has 0 saturated carbocycles. The number of hydrogen-bond donors (Lipinski definition) is 11. The molecule has 1 saturated heterocycles. The van der Waals surface area contributed by atoms with Crippen molar-refractivity contribution in [1.29, 1.82) is 0 Å². The minimum Gasteiger partial charge on any atom is -0.394 e. The van der Waals surface area contributed by atoms with Gasteiger partial charge in [0.1, 0.15) is 0 Å². The van der Waals surface area contributed by atoms with Crippen molar-refractivity contribution in [1.82, 2.24) is 14.7 Å². The molecule has 1 rings (SSSR count). The summed E-state index contributed by atoms with van der Waals surface area (Å²) < 4.78 is 35.9. The molecule has 0 spiro atoms. The van der Waals surface area contributed by atoms with E-state index in [-0.39, 0.29) is 123 Å². The highest BCUT2D eigenvalue weighted by Gasteiger charge is 2.22. The van der Waals surface area contributed by atoms with Crippen molar-refractivity contribution in [3.8, 4) is 0 Å². The first-order valence-electron chi connectivity index (χ1n) is 23.3. The van der Waals surface area contributed by atoms with E-state index in [0.717, 1.165) is 39.3 Å². The molecule has 1 heterocycles. The third-order valence-electron chi connectivity index (χ3n) is 11.1. The minimum absolute atomic E-state index is 0.232. The van der Waals surface area contributed by atoms with E-state index in [1.165, 1.54) is 0 Å². The van der Waals surface area contributed by atoms with Crippen LogP contribution in [0.25, 0.3) is 0 Å². The van der Waals surface area contributed by atoms with Crippen molar-refractivity contribution < 1.29 is 84.6 Å². The lowest BCUT2D eigenvalue weighted by atomic mass is 10.2. The first-order valence-corrected chi connectivity index (χ1v) is 23.3. The number of nitrogens with zero attached hydrogens (tertiary/aromatic N) is 3. The number of ether oxygens (including phenoxy) is 6.